The molecule has 0 radical (unpaired) electrons. The molecule has 0 aromatic heterocycles. The van der Waals surface area contributed by atoms with Crippen molar-refractivity contribution in [1.29, 1.82) is 0 Å². The SMILES string of the molecule is COCCOC(=O)CCC(=O)OCc1ccc2ccc3cccc4ccc1c2c34. The largest absolute Gasteiger partial charge is 0.463 e. The molecule has 0 aliphatic carbocycles. The average Bonchev–Trinajstić information content (AvgIpc) is 2.75. The first-order chi connectivity index (χ1) is 14.2. The van der Waals surface area contributed by atoms with Crippen LogP contribution in [0.15, 0.2) is 54.6 Å². The first kappa shape index (κ1) is 19.2. The molecular weight excluding hydrogens is 368 g/mol. The van der Waals surface area contributed by atoms with Crippen molar-refractivity contribution in [3.8, 4) is 0 Å². The van der Waals surface area contributed by atoms with Gasteiger partial charge >= 0.3 is 11.9 Å². The molecule has 0 aliphatic heterocycles. The highest BCUT2D eigenvalue weighted by atomic mass is 16.6. The Morgan fingerprint density at radius 2 is 1.34 bits per heavy atom. The van der Waals surface area contributed by atoms with Crippen LogP contribution in [0.2, 0.25) is 0 Å². The normalized spacial score (nSPS) is 11.3. The third-order valence-electron chi connectivity index (χ3n) is 5.09. The predicted octanol–water partition coefficient (Wildman–Crippen LogP) is 4.60. The number of rotatable bonds is 8. The van der Waals surface area contributed by atoms with Crippen molar-refractivity contribution in [3.63, 3.8) is 0 Å². The van der Waals surface area contributed by atoms with E-state index in [1.807, 2.05) is 6.07 Å². The summed E-state index contributed by atoms with van der Waals surface area (Å²) in [7, 11) is 1.53. The molecule has 0 N–H and O–H groups in total. The molecule has 0 spiro atoms. The Morgan fingerprint density at radius 3 is 2.07 bits per heavy atom. The minimum Gasteiger partial charge on any atom is -0.463 e. The maximum absolute atomic E-state index is 12.1. The highest BCUT2D eigenvalue weighted by Gasteiger charge is 2.13. The number of hydrogen-bond donors (Lipinski definition) is 0. The van der Waals surface area contributed by atoms with E-state index in [1.165, 1.54) is 28.7 Å². The first-order valence-corrected chi connectivity index (χ1v) is 9.63. The van der Waals surface area contributed by atoms with Gasteiger partial charge in [0.05, 0.1) is 19.4 Å². The molecule has 148 valence electrons. The molecule has 4 aromatic rings. The second-order valence-electron chi connectivity index (χ2n) is 6.95. The maximum Gasteiger partial charge on any atom is 0.306 e. The summed E-state index contributed by atoms with van der Waals surface area (Å²) in [6, 6.07) is 18.8. The third kappa shape index (κ3) is 4.00. The summed E-state index contributed by atoms with van der Waals surface area (Å²) in [5.74, 6) is -0.846. The summed E-state index contributed by atoms with van der Waals surface area (Å²) >= 11 is 0. The fourth-order valence-electron chi connectivity index (χ4n) is 3.67. The van der Waals surface area contributed by atoms with Crippen LogP contribution in [-0.2, 0) is 30.4 Å². The van der Waals surface area contributed by atoms with Crippen molar-refractivity contribution in [2.24, 2.45) is 0 Å². The van der Waals surface area contributed by atoms with Gasteiger partial charge in [0.1, 0.15) is 13.2 Å². The topological polar surface area (TPSA) is 61.8 Å². The van der Waals surface area contributed by atoms with Gasteiger partial charge in [0.2, 0.25) is 0 Å². The van der Waals surface area contributed by atoms with Crippen LogP contribution in [0, 0.1) is 0 Å². The zero-order chi connectivity index (χ0) is 20.2. The molecule has 0 heterocycles. The van der Waals surface area contributed by atoms with Crippen molar-refractivity contribution in [2.45, 2.75) is 19.4 Å². The van der Waals surface area contributed by atoms with E-state index in [0.29, 0.717) is 6.61 Å². The van der Waals surface area contributed by atoms with Gasteiger partial charge in [0.15, 0.2) is 0 Å². The van der Waals surface area contributed by atoms with Crippen LogP contribution >= 0.6 is 0 Å². The Kier molecular flexibility index (Phi) is 5.58. The summed E-state index contributed by atoms with van der Waals surface area (Å²) in [5, 5.41) is 7.06. The van der Waals surface area contributed by atoms with E-state index in [1.54, 1.807) is 0 Å². The fourth-order valence-corrected chi connectivity index (χ4v) is 3.67. The summed E-state index contributed by atoms with van der Waals surface area (Å²) in [6.45, 7) is 0.698. The van der Waals surface area contributed by atoms with E-state index in [4.69, 9.17) is 14.2 Å². The van der Waals surface area contributed by atoms with Crippen LogP contribution in [0.3, 0.4) is 0 Å². The number of carbonyl (C=O) groups is 2. The number of carbonyl (C=O) groups excluding carboxylic acids is 2. The molecule has 0 unspecified atom stereocenters. The van der Waals surface area contributed by atoms with E-state index in [0.717, 1.165) is 16.3 Å². The molecule has 4 rings (SSSR count). The van der Waals surface area contributed by atoms with Gasteiger partial charge in [-0.3, -0.25) is 9.59 Å². The quantitative estimate of drug-likeness (QED) is 0.250. The van der Waals surface area contributed by atoms with Gasteiger partial charge < -0.3 is 14.2 Å². The molecule has 0 atom stereocenters. The second-order valence-corrected chi connectivity index (χ2v) is 6.95. The molecule has 5 nitrogen and oxygen atoms in total. The highest BCUT2D eigenvalue weighted by Crippen LogP contribution is 2.36. The van der Waals surface area contributed by atoms with Crippen molar-refractivity contribution in [1.82, 2.24) is 0 Å². The lowest BCUT2D eigenvalue weighted by Crippen LogP contribution is -2.12. The molecule has 5 heteroatoms. The Balaban J connectivity index is 1.47. The Morgan fingerprint density at radius 1 is 0.724 bits per heavy atom. The Labute approximate surface area is 168 Å². The number of methoxy groups -OCH3 is 1. The van der Waals surface area contributed by atoms with Crippen LogP contribution < -0.4 is 0 Å². The molecule has 4 aromatic carbocycles. The molecule has 0 fully saturated rings. The highest BCUT2D eigenvalue weighted by molar-refractivity contribution is 6.23. The first-order valence-electron chi connectivity index (χ1n) is 9.63. The number of ether oxygens (including phenoxy) is 3. The minimum atomic E-state index is -0.429. The number of hydrogen-bond acceptors (Lipinski definition) is 5. The number of esters is 2. The monoisotopic (exact) mass is 390 g/mol. The third-order valence-corrected chi connectivity index (χ3v) is 5.09. The molecule has 0 amide bonds. The van der Waals surface area contributed by atoms with Gasteiger partial charge in [0.25, 0.3) is 0 Å². The lowest BCUT2D eigenvalue weighted by Gasteiger charge is -2.14. The predicted molar refractivity (Wildman–Crippen MR) is 112 cm³/mol. The van der Waals surface area contributed by atoms with Gasteiger partial charge in [-0.15, -0.1) is 0 Å². The van der Waals surface area contributed by atoms with Crippen molar-refractivity contribution in [2.75, 3.05) is 20.3 Å². The lowest BCUT2D eigenvalue weighted by atomic mass is 9.92. The fraction of sp³-hybridized carbons (Fsp3) is 0.250. The summed E-state index contributed by atoms with van der Waals surface area (Å²) in [5.41, 5.74) is 0.951. The number of benzene rings is 4. The second kappa shape index (κ2) is 8.45. The van der Waals surface area contributed by atoms with Crippen LogP contribution in [0.25, 0.3) is 32.3 Å². The minimum absolute atomic E-state index is 0.00102. The van der Waals surface area contributed by atoms with Crippen molar-refractivity contribution >= 4 is 44.3 Å². The van der Waals surface area contributed by atoms with Gasteiger partial charge in [-0.05, 0) is 37.9 Å². The zero-order valence-electron chi connectivity index (χ0n) is 16.3. The average molecular weight is 390 g/mol. The van der Waals surface area contributed by atoms with Crippen LogP contribution in [0.1, 0.15) is 18.4 Å². The summed E-state index contributed by atoms with van der Waals surface area (Å²) in [4.78, 5) is 23.6. The lowest BCUT2D eigenvalue weighted by molar-refractivity contribution is -0.151. The van der Waals surface area contributed by atoms with Gasteiger partial charge in [-0.2, -0.15) is 0 Å². The van der Waals surface area contributed by atoms with Gasteiger partial charge in [-0.25, -0.2) is 0 Å². The smallest absolute Gasteiger partial charge is 0.306 e. The summed E-state index contributed by atoms with van der Waals surface area (Å²) in [6.07, 6.45) is -0.00132. The summed E-state index contributed by atoms with van der Waals surface area (Å²) < 4.78 is 15.2. The van der Waals surface area contributed by atoms with E-state index >= 15 is 0 Å². The molecular formula is C24H22O5. The van der Waals surface area contributed by atoms with Gasteiger partial charge in [0, 0.05) is 7.11 Å². The Hall–Kier alpha value is -3.18. The maximum atomic E-state index is 12.1. The standard InChI is InChI=1S/C24H22O5/c1-27-13-14-28-21(25)11-12-22(26)29-15-19-8-7-18-6-5-16-3-2-4-17-9-10-20(19)24(18)23(16)17/h2-10H,11-15H2,1H3. The molecule has 0 bridgehead atoms. The van der Waals surface area contributed by atoms with Gasteiger partial charge in [-0.1, -0.05) is 54.6 Å². The van der Waals surface area contributed by atoms with Crippen molar-refractivity contribution < 1.29 is 23.8 Å². The molecule has 0 aliphatic rings. The molecule has 29 heavy (non-hydrogen) atoms. The van der Waals surface area contributed by atoms with Crippen LogP contribution in [0.5, 0.6) is 0 Å². The van der Waals surface area contributed by atoms with Crippen LogP contribution in [0.4, 0.5) is 0 Å². The van der Waals surface area contributed by atoms with E-state index < -0.39 is 11.9 Å². The van der Waals surface area contributed by atoms with Crippen molar-refractivity contribution in [3.05, 3.63) is 60.2 Å². The Bertz CT molecular complexity index is 1150. The van der Waals surface area contributed by atoms with Crippen LogP contribution in [-0.4, -0.2) is 32.3 Å². The molecule has 0 saturated carbocycles. The zero-order valence-corrected chi connectivity index (χ0v) is 16.3. The molecule has 0 saturated heterocycles. The van der Waals surface area contributed by atoms with E-state index in [9.17, 15) is 9.59 Å². The van der Waals surface area contributed by atoms with E-state index in [2.05, 4.69) is 48.5 Å². The van der Waals surface area contributed by atoms with E-state index in [-0.39, 0.29) is 26.1 Å².